The van der Waals surface area contributed by atoms with Crippen molar-refractivity contribution in [1.29, 1.82) is 0 Å². The van der Waals surface area contributed by atoms with Crippen molar-refractivity contribution < 1.29 is 5.11 Å². The highest BCUT2D eigenvalue weighted by Gasteiger charge is 2.64. The van der Waals surface area contributed by atoms with Crippen molar-refractivity contribution in [2.75, 3.05) is 0 Å². The van der Waals surface area contributed by atoms with Crippen LogP contribution in [0, 0.1) is 30.6 Å². The molecule has 0 saturated heterocycles. The minimum Gasteiger partial charge on any atom is -0.384 e. The Bertz CT molecular complexity index is 505. The average Bonchev–Trinajstić information content (AvgIpc) is 3.05. The van der Waals surface area contributed by atoms with Crippen molar-refractivity contribution in [3.8, 4) is 0 Å². The molecule has 5 atom stereocenters. The van der Waals surface area contributed by atoms with E-state index in [1.54, 1.807) is 0 Å². The first-order valence-corrected chi connectivity index (χ1v) is 6.37. The molecule has 17 heavy (non-hydrogen) atoms. The molecule has 0 radical (unpaired) electrons. The highest BCUT2D eigenvalue weighted by atomic mass is 16.3. The number of allylic oxidation sites excluding steroid dienone is 2. The van der Waals surface area contributed by atoms with Gasteiger partial charge < -0.3 is 5.11 Å². The van der Waals surface area contributed by atoms with E-state index in [9.17, 15) is 5.11 Å². The fraction of sp³-hybridized carbons (Fsp3) is 0.375. The monoisotopic (exact) mass is 224 g/mol. The summed E-state index contributed by atoms with van der Waals surface area (Å²) in [6.07, 6.45) is 8.96. The predicted molar refractivity (Wildman–Crippen MR) is 67.3 cm³/mol. The summed E-state index contributed by atoms with van der Waals surface area (Å²) < 4.78 is 0. The highest BCUT2D eigenvalue weighted by molar-refractivity contribution is 5.42. The van der Waals surface area contributed by atoms with Gasteiger partial charge in [0, 0.05) is 11.8 Å². The number of aryl methyl sites for hydroxylation is 1. The summed E-state index contributed by atoms with van der Waals surface area (Å²) in [6, 6.07) is 8.38. The van der Waals surface area contributed by atoms with Crippen molar-refractivity contribution >= 4 is 0 Å². The van der Waals surface area contributed by atoms with Gasteiger partial charge in [0.1, 0.15) is 5.60 Å². The summed E-state index contributed by atoms with van der Waals surface area (Å²) in [7, 11) is 0. The van der Waals surface area contributed by atoms with Gasteiger partial charge in [-0.15, -0.1) is 0 Å². The van der Waals surface area contributed by atoms with Crippen molar-refractivity contribution in [1.82, 2.24) is 0 Å². The quantitative estimate of drug-likeness (QED) is 0.727. The molecule has 4 rings (SSSR count). The lowest BCUT2D eigenvalue weighted by atomic mass is 9.72. The fourth-order valence-corrected chi connectivity index (χ4v) is 3.72. The lowest BCUT2D eigenvalue weighted by Gasteiger charge is -2.38. The Balaban J connectivity index is 1.86. The predicted octanol–water partition coefficient (Wildman–Crippen LogP) is 2.80. The Morgan fingerprint density at radius 3 is 2.12 bits per heavy atom. The lowest BCUT2D eigenvalue weighted by Crippen LogP contribution is -2.39. The van der Waals surface area contributed by atoms with E-state index in [1.807, 2.05) is 0 Å². The van der Waals surface area contributed by atoms with Crippen molar-refractivity contribution in [3.05, 3.63) is 59.7 Å². The zero-order valence-electron chi connectivity index (χ0n) is 9.88. The van der Waals surface area contributed by atoms with E-state index in [2.05, 4.69) is 55.5 Å². The van der Waals surface area contributed by atoms with Crippen LogP contribution >= 0.6 is 0 Å². The molecule has 1 saturated carbocycles. The maximum atomic E-state index is 11.1. The summed E-state index contributed by atoms with van der Waals surface area (Å²) in [5, 5.41) is 11.1. The summed E-state index contributed by atoms with van der Waals surface area (Å²) in [6.45, 7) is 2.08. The van der Waals surface area contributed by atoms with Gasteiger partial charge in [-0.05, 0) is 24.3 Å². The first-order chi connectivity index (χ1) is 8.21. The molecular weight excluding hydrogens is 208 g/mol. The van der Waals surface area contributed by atoms with E-state index < -0.39 is 5.60 Å². The number of fused-ring (bicyclic) bond motifs is 2. The molecule has 0 aromatic heterocycles. The Kier molecular flexibility index (Phi) is 1.65. The van der Waals surface area contributed by atoms with E-state index in [1.165, 1.54) is 5.56 Å². The molecule has 0 heterocycles. The van der Waals surface area contributed by atoms with E-state index in [-0.39, 0.29) is 5.92 Å². The van der Waals surface area contributed by atoms with Crippen molar-refractivity contribution in [3.63, 3.8) is 0 Å². The Hall–Kier alpha value is -1.34. The summed E-state index contributed by atoms with van der Waals surface area (Å²) in [4.78, 5) is 0. The molecule has 1 heteroatoms. The van der Waals surface area contributed by atoms with E-state index >= 15 is 0 Å². The summed E-state index contributed by atoms with van der Waals surface area (Å²) in [5.41, 5.74) is 1.67. The molecule has 1 aromatic rings. The molecular formula is C16H16O. The van der Waals surface area contributed by atoms with Gasteiger partial charge in [0.2, 0.25) is 0 Å². The van der Waals surface area contributed by atoms with Crippen LogP contribution in [0.25, 0.3) is 0 Å². The maximum Gasteiger partial charge on any atom is 0.103 e. The second kappa shape index (κ2) is 2.91. The molecule has 1 nitrogen and oxygen atoms in total. The Morgan fingerprint density at radius 2 is 1.53 bits per heavy atom. The zero-order valence-corrected chi connectivity index (χ0v) is 9.88. The van der Waals surface area contributed by atoms with Gasteiger partial charge in [0.25, 0.3) is 0 Å². The standard InChI is InChI=1S/C16H16O/c1-10-2-4-11(5-3-10)16(17)12-6-8-13-14(9-7-12)15(13)16/h2-9,12-15,17H,1H3/t12?,13-,14?,15?,16?/m0/s1. The average molecular weight is 224 g/mol. The summed E-state index contributed by atoms with van der Waals surface area (Å²) in [5.74, 6) is 1.70. The Labute approximate surface area is 101 Å². The van der Waals surface area contributed by atoms with Crippen LogP contribution in [0.5, 0.6) is 0 Å². The molecule has 0 amide bonds. The van der Waals surface area contributed by atoms with Crippen LogP contribution < -0.4 is 0 Å². The number of hydrogen-bond acceptors (Lipinski definition) is 1. The van der Waals surface area contributed by atoms with Crippen LogP contribution in [0.3, 0.4) is 0 Å². The second-order valence-electron chi connectivity index (χ2n) is 5.67. The minimum atomic E-state index is -0.660. The number of hydrogen-bond donors (Lipinski definition) is 1. The molecule has 1 fully saturated rings. The molecule has 3 aliphatic rings. The third kappa shape index (κ3) is 1.08. The van der Waals surface area contributed by atoms with Gasteiger partial charge in [-0.3, -0.25) is 0 Å². The molecule has 2 bridgehead atoms. The zero-order chi connectivity index (χ0) is 11.6. The van der Waals surface area contributed by atoms with E-state index in [4.69, 9.17) is 0 Å². The largest absolute Gasteiger partial charge is 0.384 e. The molecule has 4 unspecified atom stereocenters. The minimum absolute atomic E-state index is 0.158. The van der Waals surface area contributed by atoms with Crippen LogP contribution in [0.15, 0.2) is 48.6 Å². The van der Waals surface area contributed by atoms with Gasteiger partial charge >= 0.3 is 0 Å². The number of benzene rings is 1. The van der Waals surface area contributed by atoms with Crippen LogP contribution in [0.4, 0.5) is 0 Å². The normalized spacial score (nSPS) is 44.8. The molecule has 1 N–H and O–H groups in total. The van der Waals surface area contributed by atoms with E-state index in [0.29, 0.717) is 17.8 Å². The van der Waals surface area contributed by atoms with Crippen LogP contribution in [-0.4, -0.2) is 5.11 Å². The number of rotatable bonds is 1. The van der Waals surface area contributed by atoms with Crippen LogP contribution in [0.1, 0.15) is 11.1 Å². The van der Waals surface area contributed by atoms with Gasteiger partial charge in [-0.2, -0.15) is 0 Å². The van der Waals surface area contributed by atoms with Gasteiger partial charge in [0.15, 0.2) is 0 Å². The van der Waals surface area contributed by atoms with Gasteiger partial charge in [-0.1, -0.05) is 54.1 Å². The molecule has 86 valence electrons. The number of aliphatic hydroxyl groups is 1. The third-order valence-corrected chi connectivity index (χ3v) is 4.74. The highest BCUT2D eigenvalue weighted by Crippen LogP contribution is 2.65. The smallest absolute Gasteiger partial charge is 0.103 e. The lowest BCUT2D eigenvalue weighted by molar-refractivity contribution is -0.0251. The van der Waals surface area contributed by atoms with Gasteiger partial charge in [-0.25, -0.2) is 0 Å². The van der Waals surface area contributed by atoms with Crippen LogP contribution in [0.2, 0.25) is 0 Å². The first-order valence-electron chi connectivity index (χ1n) is 6.37. The van der Waals surface area contributed by atoms with Crippen LogP contribution in [-0.2, 0) is 5.60 Å². The SMILES string of the molecule is Cc1ccc(C2(O)C3C=CC4C2[C@H]4C=C3)cc1. The van der Waals surface area contributed by atoms with Crippen molar-refractivity contribution in [2.24, 2.45) is 23.7 Å². The second-order valence-corrected chi connectivity index (χ2v) is 5.67. The molecule has 1 aromatic carbocycles. The third-order valence-electron chi connectivity index (χ3n) is 4.74. The topological polar surface area (TPSA) is 20.2 Å². The maximum absolute atomic E-state index is 11.1. The molecule has 0 aliphatic heterocycles. The Morgan fingerprint density at radius 1 is 0.941 bits per heavy atom. The van der Waals surface area contributed by atoms with Crippen molar-refractivity contribution in [2.45, 2.75) is 12.5 Å². The van der Waals surface area contributed by atoms with E-state index in [0.717, 1.165) is 5.56 Å². The molecule has 0 spiro atoms. The first kappa shape index (κ1) is 9.67. The summed E-state index contributed by atoms with van der Waals surface area (Å²) >= 11 is 0. The van der Waals surface area contributed by atoms with Gasteiger partial charge in [0.05, 0.1) is 0 Å². The molecule has 3 aliphatic carbocycles. The fourth-order valence-electron chi connectivity index (χ4n) is 3.72.